The molecule has 0 unspecified atom stereocenters. The van der Waals surface area contributed by atoms with Crippen LogP contribution in [0.25, 0.3) is 6.08 Å². The van der Waals surface area contributed by atoms with Gasteiger partial charge in [0, 0.05) is 6.08 Å². The molecule has 43 heavy (non-hydrogen) atoms. The van der Waals surface area contributed by atoms with Crippen LogP contribution in [0.5, 0.6) is 17.2 Å². The third-order valence-electron chi connectivity index (χ3n) is 7.15. The predicted molar refractivity (Wildman–Crippen MR) is 145 cm³/mol. The number of phenols is 3. The monoisotopic (exact) mass is 608 g/mol. The number of hydrogen-bond acceptors (Lipinski definition) is 14. The molecule has 2 saturated heterocycles. The van der Waals surface area contributed by atoms with E-state index in [1.807, 2.05) is 0 Å². The van der Waals surface area contributed by atoms with Gasteiger partial charge in [-0.05, 0) is 54.8 Å². The average molecular weight is 609 g/mol. The van der Waals surface area contributed by atoms with Crippen molar-refractivity contribution in [3.63, 3.8) is 0 Å². The lowest BCUT2D eigenvalue weighted by atomic mass is 9.97. The van der Waals surface area contributed by atoms with Crippen molar-refractivity contribution in [3.05, 3.63) is 59.7 Å². The summed E-state index contributed by atoms with van der Waals surface area (Å²) in [6, 6.07) is 10.3. The molecule has 2 heterocycles. The summed E-state index contributed by atoms with van der Waals surface area (Å²) in [6.07, 6.45) is -11.9. The highest BCUT2D eigenvalue weighted by Crippen LogP contribution is 2.30. The Morgan fingerprint density at radius 3 is 2.26 bits per heavy atom. The first-order valence-corrected chi connectivity index (χ1v) is 13.6. The van der Waals surface area contributed by atoms with Crippen molar-refractivity contribution >= 4 is 12.0 Å². The van der Waals surface area contributed by atoms with Gasteiger partial charge >= 0.3 is 5.97 Å². The van der Waals surface area contributed by atoms with E-state index in [0.29, 0.717) is 12.0 Å². The van der Waals surface area contributed by atoms with E-state index >= 15 is 0 Å². The Bertz CT molecular complexity index is 1240. The number of carbonyl (C=O) groups excluding carboxylic acids is 1. The van der Waals surface area contributed by atoms with Crippen molar-refractivity contribution in [3.8, 4) is 17.2 Å². The molecule has 2 aliphatic heterocycles. The molecule has 236 valence electrons. The zero-order valence-electron chi connectivity index (χ0n) is 23.1. The van der Waals surface area contributed by atoms with Crippen LogP contribution >= 0.6 is 0 Å². The number of rotatable bonds is 10. The van der Waals surface area contributed by atoms with Crippen molar-refractivity contribution in [2.75, 3.05) is 13.2 Å². The number of benzene rings is 2. The van der Waals surface area contributed by atoms with Crippen LogP contribution in [0.2, 0.25) is 0 Å². The van der Waals surface area contributed by atoms with Gasteiger partial charge in [0.1, 0.15) is 55.1 Å². The number of hydrogen-bond donors (Lipinski definition) is 8. The Hall–Kier alpha value is -3.31. The minimum atomic E-state index is -1.72. The van der Waals surface area contributed by atoms with Crippen molar-refractivity contribution in [1.29, 1.82) is 0 Å². The van der Waals surface area contributed by atoms with Gasteiger partial charge in [0.05, 0.1) is 12.7 Å². The smallest absolute Gasteiger partial charge is 0.330 e. The summed E-state index contributed by atoms with van der Waals surface area (Å²) in [5, 5.41) is 81.1. The molecule has 2 aliphatic rings. The lowest BCUT2D eigenvalue weighted by molar-refractivity contribution is -0.357. The Morgan fingerprint density at radius 2 is 1.56 bits per heavy atom. The van der Waals surface area contributed by atoms with E-state index in [2.05, 4.69) is 0 Å². The second-order valence-electron chi connectivity index (χ2n) is 10.3. The first-order valence-electron chi connectivity index (χ1n) is 13.6. The number of phenolic OH excluding ortho intramolecular Hbond substituents is 3. The van der Waals surface area contributed by atoms with Gasteiger partial charge in [0.25, 0.3) is 0 Å². The van der Waals surface area contributed by atoms with Crippen LogP contribution in [0.15, 0.2) is 48.5 Å². The molecule has 0 amide bonds. The third-order valence-corrected chi connectivity index (χ3v) is 7.15. The number of aliphatic hydroxyl groups is 5. The number of ether oxygens (including phenoxy) is 5. The van der Waals surface area contributed by atoms with Crippen molar-refractivity contribution in [2.24, 2.45) is 0 Å². The van der Waals surface area contributed by atoms with Crippen LogP contribution in [0.4, 0.5) is 0 Å². The third kappa shape index (κ3) is 8.20. The molecule has 0 aromatic heterocycles. The molecule has 2 aromatic carbocycles. The molecule has 14 nitrogen and oxygen atoms in total. The SMILES string of the molecule is C[C@H]1O[C@H](O[C@@H]2[C@@H](O)[C@H](OCCc3ccc(O)cc3)O[C@H](COC(=O)/C=C/c3ccc(O)c(O)c3)[C@H]2O)[C@@H](O)[C@@H](O)[C@@H]1O. The average Bonchev–Trinajstić information content (AvgIpc) is 2.98. The molecule has 0 saturated carbocycles. The molecule has 0 bridgehead atoms. The summed E-state index contributed by atoms with van der Waals surface area (Å²) >= 11 is 0. The molecule has 8 N–H and O–H groups in total. The zero-order chi connectivity index (χ0) is 31.3. The normalized spacial score (nSPS) is 33.0. The van der Waals surface area contributed by atoms with E-state index in [9.17, 15) is 45.6 Å². The van der Waals surface area contributed by atoms with Gasteiger partial charge in [-0.1, -0.05) is 18.2 Å². The number of carbonyl (C=O) groups is 1. The van der Waals surface area contributed by atoms with Gasteiger partial charge in [0.2, 0.25) is 0 Å². The number of aliphatic hydroxyl groups excluding tert-OH is 5. The second-order valence-corrected chi connectivity index (χ2v) is 10.3. The van der Waals surface area contributed by atoms with E-state index in [4.69, 9.17) is 23.7 Å². The Kier molecular flexibility index (Phi) is 10.9. The molecule has 14 heteroatoms. The molecular weight excluding hydrogens is 572 g/mol. The fraction of sp³-hybridized carbons (Fsp3) is 0.483. The van der Waals surface area contributed by atoms with Gasteiger partial charge in [0.15, 0.2) is 24.1 Å². The van der Waals surface area contributed by atoms with Crippen molar-refractivity contribution in [1.82, 2.24) is 0 Å². The van der Waals surface area contributed by atoms with Crippen LogP contribution in [0.3, 0.4) is 0 Å². The topological polar surface area (TPSA) is 225 Å². The summed E-state index contributed by atoms with van der Waals surface area (Å²) in [4.78, 5) is 12.4. The summed E-state index contributed by atoms with van der Waals surface area (Å²) in [6.45, 7) is 0.966. The minimum Gasteiger partial charge on any atom is -0.508 e. The molecule has 2 fully saturated rings. The Balaban J connectivity index is 1.43. The van der Waals surface area contributed by atoms with Gasteiger partial charge < -0.3 is 64.5 Å². The molecule has 0 aliphatic carbocycles. The van der Waals surface area contributed by atoms with E-state index in [0.717, 1.165) is 11.6 Å². The van der Waals surface area contributed by atoms with Gasteiger partial charge in [-0.3, -0.25) is 0 Å². The summed E-state index contributed by atoms with van der Waals surface area (Å²) < 4.78 is 27.8. The van der Waals surface area contributed by atoms with E-state index in [1.54, 1.807) is 12.1 Å². The molecule has 2 aromatic rings. The summed E-state index contributed by atoms with van der Waals surface area (Å²) in [5.41, 5.74) is 1.21. The van der Waals surface area contributed by atoms with Crippen LogP contribution in [0, 0.1) is 0 Å². The maximum Gasteiger partial charge on any atom is 0.330 e. The minimum absolute atomic E-state index is 0.0362. The summed E-state index contributed by atoms with van der Waals surface area (Å²) in [5.74, 6) is -1.45. The van der Waals surface area contributed by atoms with Gasteiger partial charge in [-0.25, -0.2) is 4.79 Å². The molecule has 0 radical (unpaired) electrons. The molecule has 4 rings (SSSR count). The van der Waals surface area contributed by atoms with Crippen molar-refractivity contribution < 1.29 is 69.3 Å². The zero-order valence-corrected chi connectivity index (χ0v) is 23.1. The molecule has 0 spiro atoms. The van der Waals surface area contributed by atoms with Crippen LogP contribution in [-0.4, -0.2) is 121 Å². The highest BCUT2D eigenvalue weighted by Gasteiger charge is 2.50. The number of aromatic hydroxyl groups is 3. The highest BCUT2D eigenvalue weighted by atomic mass is 16.7. The maximum atomic E-state index is 12.4. The largest absolute Gasteiger partial charge is 0.508 e. The molecular formula is C29H36O14. The molecule has 10 atom stereocenters. The standard InChI is InChI=1S/C29H36O14/c1-14-22(34)24(36)25(37)29(41-14)43-27-23(35)20(13-40-21(33)9-5-16-4-8-18(31)19(32)12-16)42-28(26(27)38)39-11-10-15-2-6-17(30)7-3-15/h2-9,12,14,20,22-32,34-38H,10-11,13H2,1H3/b9-5+/t14-,20-,22-,23-,24+,25+,26-,27+,28-,29-/m1/s1. The second kappa shape index (κ2) is 14.4. The fourth-order valence-electron chi connectivity index (χ4n) is 4.60. The van der Waals surface area contributed by atoms with E-state index in [-0.39, 0.29) is 23.9 Å². The van der Waals surface area contributed by atoms with Crippen molar-refractivity contribution in [2.45, 2.75) is 74.8 Å². The first kappa shape index (κ1) is 32.6. The van der Waals surface area contributed by atoms with Crippen LogP contribution in [0.1, 0.15) is 18.1 Å². The first-order chi connectivity index (χ1) is 20.4. The lowest BCUT2D eigenvalue weighted by Crippen LogP contribution is -2.64. The summed E-state index contributed by atoms with van der Waals surface area (Å²) in [7, 11) is 0. The van der Waals surface area contributed by atoms with Gasteiger partial charge in [-0.2, -0.15) is 0 Å². The fourth-order valence-corrected chi connectivity index (χ4v) is 4.60. The van der Waals surface area contributed by atoms with Crippen LogP contribution in [-0.2, 0) is 34.9 Å². The quantitative estimate of drug-likeness (QED) is 0.0947. The lowest BCUT2D eigenvalue weighted by Gasteiger charge is -2.45. The van der Waals surface area contributed by atoms with Crippen LogP contribution < -0.4 is 0 Å². The number of esters is 1. The maximum absolute atomic E-state index is 12.4. The van der Waals surface area contributed by atoms with E-state index in [1.165, 1.54) is 43.3 Å². The Morgan fingerprint density at radius 1 is 0.837 bits per heavy atom. The highest BCUT2D eigenvalue weighted by molar-refractivity contribution is 5.87. The van der Waals surface area contributed by atoms with E-state index < -0.39 is 74.0 Å². The van der Waals surface area contributed by atoms with Gasteiger partial charge in [-0.15, -0.1) is 0 Å². The Labute approximate surface area is 246 Å². The predicted octanol–water partition coefficient (Wildman–Crippen LogP) is -0.722.